The molecule has 3 heteroatoms. The summed E-state index contributed by atoms with van der Waals surface area (Å²) < 4.78 is 0. The molecule has 1 aromatic rings. The maximum atomic E-state index is 9.57. The van der Waals surface area contributed by atoms with Gasteiger partial charge in [-0.15, -0.1) is 0 Å². The van der Waals surface area contributed by atoms with Crippen LogP contribution in [-0.2, 0) is 6.54 Å². The molecule has 1 aliphatic heterocycles. The lowest BCUT2D eigenvalue weighted by Crippen LogP contribution is -2.59. The van der Waals surface area contributed by atoms with Crippen LogP contribution in [0.5, 0.6) is 5.75 Å². The summed E-state index contributed by atoms with van der Waals surface area (Å²) in [4.78, 5) is 2.63. The lowest BCUT2D eigenvalue weighted by molar-refractivity contribution is 0.0572. The summed E-state index contributed by atoms with van der Waals surface area (Å²) in [5, 5.41) is 13.1. The Balaban J connectivity index is 1.77. The van der Waals surface area contributed by atoms with Gasteiger partial charge in [0.05, 0.1) is 0 Å². The van der Waals surface area contributed by atoms with Crippen molar-refractivity contribution >= 4 is 0 Å². The fraction of sp³-hybridized carbons (Fsp3) is 0.600. The first-order valence-corrected chi connectivity index (χ1v) is 7.02. The second-order valence-corrected chi connectivity index (χ2v) is 5.70. The molecule has 3 nitrogen and oxygen atoms in total. The predicted molar refractivity (Wildman–Crippen MR) is 72.6 cm³/mol. The first-order valence-electron chi connectivity index (χ1n) is 7.02. The van der Waals surface area contributed by atoms with Gasteiger partial charge in [0.15, 0.2) is 0 Å². The van der Waals surface area contributed by atoms with Crippen molar-refractivity contribution in [1.82, 2.24) is 10.2 Å². The number of benzene rings is 1. The third-order valence-corrected chi connectivity index (χ3v) is 4.50. The van der Waals surface area contributed by atoms with Gasteiger partial charge in [-0.2, -0.15) is 0 Å². The maximum absolute atomic E-state index is 9.57. The highest BCUT2D eigenvalue weighted by molar-refractivity contribution is 5.27. The largest absolute Gasteiger partial charge is 0.508 e. The summed E-state index contributed by atoms with van der Waals surface area (Å²) >= 11 is 0. The van der Waals surface area contributed by atoms with Crippen LogP contribution in [0, 0.1) is 0 Å². The Labute approximate surface area is 109 Å². The van der Waals surface area contributed by atoms with Crippen molar-refractivity contribution < 1.29 is 5.11 Å². The highest BCUT2D eigenvalue weighted by Crippen LogP contribution is 2.37. The van der Waals surface area contributed by atoms with Crippen molar-refractivity contribution in [3.8, 4) is 5.75 Å². The van der Waals surface area contributed by atoms with Crippen molar-refractivity contribution in [2.45, 2.75) is 37.8 Å². The van der Waals surface area contributed by atoms with Crippen molar-refractivity contribution in [2.75, 3.05) is 19.6 Å². The summed E-state index contributed by atoms with van der Waals surface area (Å²) in [5.41, 5.74) is 1.60. The van der Waals surface area contributed by atoms with E-state index in [0.717, 1.165) is 26.2 Å². The van der Waals surface area contributed by atoms with Gasteiger partial charge in [0.1, 0.15) is 5.75 Å². The zero-order valence-electron chi connectivity index (χ0n) is 10.9. The summed E-state index contributed by atoms with van der Waals surface area (Å²) in [5.74, 6) is 0.378. The van der Waals surface area contributed by atoms with E-state index in [4.69, 9.17) is 0 Å². The molecule has 0 aromatic heterocycles. The summed E-state index contributed by atoms with van der Waals surface area (Å²) in [6.45, 7) is 4.30. The molecule has 18 heavy (non-hydrogen) atoms. The van der Waals surface area contributed by atoms with E-state index in [1.165, 1.54) is 31.2 Å². The smallest absolute Gasteiger partial charge is 0.115 e. The molecule has 0 amide bonds. The molecule has 2 aliphatic rings. The van der Waals surface area contributed by atoms with Crippen LogP contribution in [0.15, 0.2) is 24.3 Å². The first-order chi connectivity index (χ1) is 8.78. The number of phenolic OH excluding ortho intramolecular Hbond substituents is 1. The zero-order valence-corrected chi connectivity index (χ0v) is 10.9. The molecular formula is C15H22N2O. The quantitative estimate of drug-likeness (QED) is 0.839. The number of aromatic hydroxyl groups is 1. The van der Waals surface area contributed by atoms with Crippen LogP contribution < -0.4 is 5.32 Å². The molecule has 1 spiro atoms. The van der Waals surface area contributed by atoms with Crippen molar-refractivity contribution in [2.24, 2.45) is 0 Å². The van der Waals surface area contributed by atoms with Crippen LogP contribution in [-0.4, -0.2) is 35.2 Å². The van der Waals surface area contributed by atoms with Crippen molar-refractivity contribution in [1.29, 1.82) is 0 Å². The Kier molecular flexibility index (Phi) is 3.27. The Bertz CT molecular complexity index is 413. The third-order valence-electron chi connectivity index (χ3n) is 4.50. The molecule has 0 atom stereocenters. The minimum Gasteiger partial charge on any atom is -0.508 e. The standard InChI is InChI=1S/C15H22N2O/c18-14-5-3-4-13(10-14)11-17-9-8-16-12-15(17)6-1-2-7-15/h3-5,10,16,18H,1-2,6-9,11-12H2. The van der Waals surface area contributed by atoms with E-state index in [1.807, 2.05) is 12.1 Å². The highest BCUT2D eigenvalue weighted by atomic mass is 16.3. The maximum Gasteiger partial charge on any atom is 0.115 e. The van der Waals surface area contributed by atoms with Gasteiger partial charge in [-0.3, -0.25) is 4.90 Å². The van der Waals surface area contributed by atoms with E-state index in [2.05, 4.69) is 16.3 Å². The Morgan fingerprint density at radius 2 is 2.11 bits per heavy atom. The van der Waals surface area contributed by atoms with Gasteiger partial charge in [0, 0.05) is 31.7 Å². The van der Waals surface area contributed by atoms with Crippen LogP contribution in [0.4, 0.5) is 0 Å². The Morgan fingerprint density at radius 1 is 1.28 bits per heavy atom. The number of hydrogen-bond acceptors (Lipinski definition) is 3. The fourth-order valence-corrected chi connectivity index (χ4v) is 3.53. The van der Waals surface area contributed by atoms with Crippen molar-refractivity contribution in [3.05, 3.63) is 29.8 Å². The van der Waals surface area contributed by atoms with E-state index in [9.17, 15) is 5.11 Å². The van der Waals surface area contributed by atoms with E-state index in [1.54, 1.807) is 6.07 Å². The molecule has 2 fully saturated rings. The number of hydrogen-bond donors (Lipinski definition) is 2. The lowest BCUT2D eigenvalue weighted by Gasteiger charge is -2.45. The molecule has 98 valence electrons. The number of piperazine rings is 1. The monoisotopic (exact) mass is 246 g/mol. The second kappa shape index (κ2) is 4.90. The molecule has 1 heterocycles. The average Bonchev–Trinajstić information content (AvgIpc) is 2.82. The number of rotatable bonds is 2. The lowest BCUT2D eigenvalue weighted by atomic mass is 9.92. The van der Waals surface area contributed by atoms with Crippen LogP contribution in [0.3, 0.4) is 0 Å². The van der Waals surface area contributed by atoms with Crippen LogP contribution in [0.2, 0.25) is 0 Å². The van der Waals surface area contributed by atoms with Gasteiger partial charge in [0.25, 0.3) is 0 Å². The molecule has 1 saturated carbocycles. The molecule has 2 N–H and O–H groups in total. The molecule has 0 unspecified atom stereocenters. The molecule has 3 rings (SSSR count). The van der Waals surface area contributed by atoms with Crippen LogP contribution in [0.1, 0.15) is 31.2 Å². The Morgan fingerprint density at radius 3 is 2.89 bits per heavy atom. The molecular weight excluding hydrogens is 224 g/mol. The fourth-order valence-electron chi connectivity index (χ4n) is 3.53. The van der Waals surface area contributed by atoms with Crippen molar-refractivity contribution in [3.63, 3.8) is 0 Å². The second-order valence-electron chi connectivity index (χ2n) is 5.70. The van der Waals surface area contributed by atoms with Gasteiger partial charge in [0.2, 0.25) is 0 Å². The summed E-state index contributed by atoms with van der Waals surface area (Å²) in [7, 11) is 0. The predicted octanol–water partition coefficient (Wildman–Crippen LogP) is 2.11. The first kappa shape index (κ1) is 12.0. The molecule has 1 saturated heterocycles. The van der Waals surface area contributed by atoms with E-state index < -0.39 is 0 Å². The summed E-state index contributed by atoms with van der Waals surface area (Å²) in [6.07, 6.45) is 5.36. The van der Waals surface area contributed by atoms with Gasteiger partial charge < -0.3 is 10.4 Å². The van der Waals surface area contributed by atoms with Gasteiger partial charge >= 0.3 is 0 Å². The van der Waals surface area contributed by atoms with E-state index in [-0.39, 0.29) is 0 Å². The molecule has 0 radical (unpaired) electrons. The topological polar surface area (TPSA) is 35.5 Å². The number of nitrogens with one attached hydrogen (secondary N) is 1. The van der Waals surface area contributed by atoms with Gasteiger partial charge in [-0.25, -0.2) is 0 Å². The highest BCUT2D eigenvalue weighted by Gasteiger charge is 2.40. The molecule has 1 aliphatic carbocycles. The van der Waals surface area contributed by atoms with Gasteiger partial charge in [-0.1, -0.05) is 25.0 Å². The number of nitrogens with zero attached hydrogens (tertiary/aromatic N) is 1. The van der Waals surface area contributed by atoms with E-state index in [0.29, 0.717) is 11.3 Å². The van der Waals surface area contributed by atoms with Crippen LogP contribution >= 0.6 is 0 Å². The molecule has 1 aromatic carbocycles. The minimum absolute atomic E-state index is 0.378. The average molecular weight is 246 g/mol. The summed E-state index contributed by atoms with van der Waals surface area (Å²) in [6, 6.07) is 7.69. The third kappa shape index (κ3) is 2.25. The van der Waals surface area contributed by atoms with Gasteiger partial charge in [-0.05, 0) is 30.5 Å². The minimum atomic E-state index is 0.378. The normalized spacial score (nSPS) is 23.6. The number of phenols is 1. The zero-order chi connectivity index (χ0) is 12.4. The van der Waals surface area contributed by atoms with E-state index >= 15 is 0 Å². The SMILES string of the molecule is Oc1cccc(CN2CCNCC23CCCC3)c1. The molecule has 0 bridgehead atoms. The van der Waals surface area contributed by atoms with Crippen LogP contribution in [0.25, 0.3) is 0 Å². The Hall–Kier alpha value is -1.06.